The number of benzene rings is 2. The predicted molar refractivity (Wildman–Crippen MR) is 106 cm³/mol. The monoisotopic (exact) mass is 462 g/mol. The molecule has 0 heterocycles. The van der Waals surface area contributed by atoms with Gasteiger partial charge in [0.2, 0.25) is 15.9 Å². The number of carbonyl (C=O) groups is 1. The highest BCUT2D eigenvalue weighted by molar-refractivity contribution is 9.10. The molecule has 5 nitrogen and oxygen atoms in total. The summed E-state index contributed by atoms with van der Waals surface area (Å²) in [6, 6.07) is 9.24. The van der Waals surface area contributed by atoms with Gasteiger partial charge in [-0.2, -0.15) is 0 Å². The summed E-state index contributed by atoms with van der Waals surface area (Å²) in [6.45, 7) is 1.68. The van der Waals surface area contributed by atoms with Crippen molar-refractivity contribution in [2.24, 2.45) is 0 Å². The first kappa shape index (κ1) is 20.7. The lowest BCUT2D eigenvalue weighted by molar-refractivity contribution is -0.117. The summed E-state index contributed by atoms with van der Waals surface area (Å²) < 4.78 is 40.2. The molecule has 0 saturated carbocycles. The Kier molecular flexibility index (Phi) is 6.65. The van der Waals surface area contributed by atoms with Gasteiger partial charge >= 0.3 is 0 Å². The highest BCUT2D eigenvalue weighted by Crippen LogP contribution is 2.26. The van der Waals surface area contributed by atoms with E-state index in [2.05, 4.69) is 21.2 Å². The smallest absolute Gasteiger partial charge is 0.248 e. The Morgan fingerprint density at radius 3 is 2.38 bits per heavy atom. The van der Waals surface area contributed by atoms with Crippen molar-refractivity contribution in [3.8, 4) is 0 Å². The Bertz CT molecular complexity index is 907. The Morgan fingerprint density at radius 2 is 1.88 bits per heavy atom. The van der Waals surface area contributed by atoms with Crippen molar-refractivity contribution >= 4 is 54.8 Å². The summed E-state index contributed by atoms with van der Waals surface area (Å²) in [5.74, 6) is -1.26. The maximum absolute atomic E-state index is 14.0. The Labute approximate surface area is 165 Å². The molecule has 0 bridgehead atoms. The van der Waals surface area contributed by atoms with Crippen LogP contribution in [0.5, 0.6) is 0 Å². The molecule has 2 rings (SSSR count). The number of nitrogens with one attached hydrogen (secondary N) is 1. The van der Waals surface area contributed by atoms with E-state index >= 15 is 0 Å². The molecule has 0 radical (unpaired) electrons. The number of hydrogen-bond donors (Lipinski definition) is 1. The molecule has 0 aliphatic carbocycles. The minimum Gasteiger partial charge on any atom is -0.322 e. The molecule has 9 heteroatoms. The first-order chi connectivity index (χ1) is 12.1. The van der Waals surface area contributed by atoms with E-state index in [-0.39, 0.29) is 12.1 Å². The third-order valence-corrected chi connectivity index (χ3v) is 5.52. The fraction of sp³-hybridized carbons (Fsp3) is 0.235. The first-order valence-corrected chi connectivity index (χ1v) is 10.7. The van der Waals surface area contributed by atoms with Crippen LogP contribution in [0.15, 0.2) is 46.9 Å². The van der Waals surface area contributed by atoms with Crippen molar-refractivity contribution in [1.29, 1.82) is 0 Å². The molecule has 1 amide bonds. The van der Waals surface area contributed by atoms with Crippen molar-refractivity contribution in [3.05, 3.63) is 57.8 Å². The molecular weight excluding hydrogens is 447 g/mol. The third kappa shape index (κ3) is 4.96. The van der Waals surface area contributed by atoms with Crippen LogP contribution in [0.3, 0.4) is 0 Å². The van der Waals surface area contributed by atoms with Crippen LogP contribution in [-0.2, 0) is 14.8 Å². The zero-order chi connectivity index (χ0) is 19.5. The number of anilines is 2. The average molecular weight is 464 g/mol. The number of halogens is 3. The lowest BCUT2D eigenvalue weighted by atomic mass is 10.1. The molecule has 0 aliphatic heterocycles. The van der Waals surface area contributed by atoms with Gasteiger partial charge in [0.25, 0.3) is 0 Å². The molecule has 0 aromatic heterocycles. The Hall–Kier alpha value is -1.64. The first-order valence-electron chi connectivity index (χ1n) is 7.64. The lowest BCUT2D eigenvalue weighted by Gasteiger charge is -2.30. The van der Waals surface area contributed by atoms with E-state index in [0.717, 1.165) is 10.6 Å². The summed E-state index contributed by atoms with van der Waals surface area (Å²) >= 11 is 8.99. The van der Waals surface area contributed by atoms with Gasteiger partial charge in [-0.15, -0.1) is 0 Å². The van der Waals surface area contributed by atoms with Crippen molar-refractivity contribution in [2.45, 2.75) is 19.4 Å². The topological polar surface area (TPSA) is 66.5 Å². The second-order valence-corrected chi connectivity index (χ2v) is 8.78. The van der Waals surface area contributed by atoms with Crippen LogP contribution in [0.2, 0.25) is 5.02 Å². The number of sulfonamides is 1. The zero-order valence-corrected chi connectivity index (χ0v) is 17.2. The van der Waals surface area contributed by atoms with Crippen molar-refractivity contribution in [1.82, 2.24) is 0 Å². The number of hydrogen-bond acceptors (Lipinski definition) is 3. The highest BCUT2D eigenvalue weighted by atomic mass is 79.9. The molecule has 1 atom stereocenters. The lowest BCUT2D eigenvalue weighted by Crippen LogP contribution is -2.47. The maximum atomic E-state index is 14.0. The maximum Gasteiger partial charge on any atom is 0.248 e. The van der Waals surface area contributed by atoms with Gasteiger partial charge in [-0.25, -0.2) is 12.8 Å². The van der Waals surface area contributed by atoms with Crippen molar-refractivity contribution in [2.75, 3.05) is 15.9 Å². The van der Waals surface area contributed by atoms with E-state index in [0.29, 0.717) is 15.2 Å². The molecule has 1 unspecified atom stereocenters. The minimum absolute atomic E-state index is 0.0267. The van der Waals surface area contributed by atoms with Crippen LogP contribution in [0, 0.1) is 5.82 Å². The van der Waals surface area contributed by atoms with Crippen molar-refractivity contribution < 1.29 is 17.6 Å². The summed E-state index contributed by atoms with van der Waals surface area (Å²) in [4.78, 5) is 12.7. The minimum atomic E-state index is -3.77. The largest absolute Gasteiger partial charge is 0.322 e. The predicted octanol–water partition coefficient (Wildman–Crippen LogP) is 4.42. The average Bonchev–Trinajstić information content (AvgIpc) is 2.55. The molecule has 0 fully saturated rings. The molecule has 26 heavy (non-hydrogen) atoms. The number of amides is 1. The molecule has 140 valence electrons. The van der Waals surface area contributed by atoms with E-state index in [4.69, 9.17) is 11.6 Å². The van der Waals surface area contributed by atoms with Crippen LogP contribution in [0.1, 0.15) is 13.3 Å². The van der Waals surface area contributed by atoms with Crippen LogP contribution >= 0.6 is 27.5 Å². The molecule has 0 spiro atoms. The Morgan fingerprint density at radius 1 is 1.27 bits per heavy atom. The van der Waals surface area contributed by atoms with Crippen molar-refractivity contribution in [3.63, 3.8) is 0 Å². The zero-order valence-electron chi connectivity index (χ0n) is 14.0. The van der Waals surface area contributed by atoms with Gasteiger partial charge in [0.15, 0.2) is 0 Å². The van der Waals surface area contributed by atoms with Crippen LogP contribution in [0.4, 0.5) is 15.8 Å². The Balaban J connectivity index is 2.38. The van der Waals surface area contributed by atoms with Crippen LogP contribution in [0.25, 0.3) is 0 Å². The summed E-state index contributed by atoms with van der Waals surface area (Å²) in [5, 5.41) is 2.90. The van der Waals surface area contributed by atoms with Gasteiger partial charge in [-0.05, 0) is 48.9 Å². The molecule has 2 aromatic rings. The van der Waals surface area contributed by atoms with Gasteiger partial charge < -0.3 is 5.32 Å². The molecular formula is C17H17BrClFN2O3S. The highest BCUT2D eigenvalue weighted by Gasteiger charge is 2.31. The standard InChI is InChI=1S/C17H17BrClFN2O3S/c1-3-16(17(23)21-15-9-4-11(18)10-14(15)20)22(26(2,24)25)13-7-5-12(19)6-8-13/h4-10,16H,3H2,1-2H3,(H,21,23). The number of nitrogens with zero attached hydrogens (tertiary/aromatic N) is 1. The van der Waals surface area contributed by atoms with E-state index in [1.165, 1.54) is 36.4 Å². The fourth-order valence-electron chi connectivity index (χ4n) is 2.46. The fourth-order valence-corrected chi connectivity index (χ4v) is 4.13. The van der Waals surface area contributed by atoms with Crippen LogP contribution < -0.4 is 9.62 Å². The number of rotatable bonds is 6. The molecule has 0 aliphatic rings. The van der Waals surface area contributed by atoms with E-state index in [1.54, 1.807) is 13.0 Å². The number of carbonyl (C=O) groups excluding carboxylic acids is 1. The summed E-state index contributed by atoms with van der Waals surface area (Å²) in [5.41, 5.74) is 0.274. The van der Waals surface area contributed by atoms with Gasteiger partial charge in [-0.3, -0.25) is 9.10 Å². The van der Waals surface area contributed by atoms with Gasteiger partial charge in [0.05, 0.1) is 17.6 Å². The van der Waals surface area contributed by atoms with Gasteiger partial charge in [-0.1, -0.05) is 34.5 Å². The van der Waals surface area contributed by atoms with E-state index in [9.17, 15) is 17.6 Å². The second-order valence-electron chi connectivity index (χ2n) is 5.57. The quantitative estimate of drug-likeness (QED) is 0.689. The molecule has 1 N–H and O–H groups in total. The van der Waals surface area contributed by atoms with Gasteiger partial charge in [0.1, 0.15) is 11.9 Å². The molecule has 0 saturated heterocycles. The normalized spacial score (nSPS) is 12.5. The SMILES string of the molecule is CCC(C(=O)Nc1ccc(Br)cc1F)N(c1ccc(Cl)cc1)S(C)(=O)=O. The summed E-state index contributed by atoms with van der Waals surface area (Å²) in [7, 11) is -3.77. The van der Waals surface area contributed by atoms with Crippen LogP contribution in [-0.4, -0.2) is 26.6 Å². The van der Waals surface area contributed by atoms with E-state index < -0.39 is 27.8 Å². The third-order valence-electron chi connectivity index (χ3n) is 3.60. The molecule has 2 aromatic carbocycles. The van der Waals surface area contributed by atoms with E-state index in [1.807, 2.05) is 0 Å². The van der Waals surface area contributed by atoms with Gasteiger partial charge in [0, 0.05) is 9.50 Å². The summed E-state index contributed by atoms with van der Waals surface area (Å²) in [6.07, 6.45) is 1.21. The second kappa shape index (κ2) is 8.37.